The zero-order chi connectivity index (χ0) is 13.8. The number of nitrogens with two attached hydrogens (primary N) is 1. The summed E-state index contributed by atoms with van der Waals surface area (Å²) in [6.07, 6.45) is 0.941. The minimum absolute atomic E-state index is 0.0335. The first kappa shape index (κ1) is 15.2. The van der Waals surface area contributed by atoms with Crippen molar-refractivity contribution >= 4 is 0 Å². The van der Waals surface area contributed by atoms with Crippen LogP contribution < -0.4 is 5.73 Å². The van der Waals surface area contributed by atoms with Gasteiger partial charge in [-0.1, -0.05) is 38.1 Å². The molecule has 0 aromatic heterocycles. The summed E-state index contributed by atoms with van der Waals surface area (Å²) in [7, 11) is 0. The molecule has 0 fully saturated rings. The summed E-state index contributed by atoms with van der Waals surface area (Å²) < 4.78 is 0. The molecule has 0 aliphatic heterocycles. The Bertz CT molecular complexity index is 367. The summed E-state index contributed by atoms with van der Waals surface area (Å²) in [5.41, 5.74) is 9.20. The number of aryl methyl sites for hydroxylation is 1. The molecule has 0 heterocycles. The summed E-state index contributed by atoms with van der Waals surface area (Å²) >= 11 is 0. The van der Waals surface area contributed by atoms with Crippen LogP contribution in [-0.2, 0) is 6.42 Å². The molecule has 0 saturated carbocycles. The molecule has 1 rings (SSSR count). The first-order chi connectivity index (χ1) is 8.43. The van der Waals surface area contributed by atoms with E-state index >= 15 is 0 Å². The lowest BCUT2D eigenvalue weighted by Crippen LogP contribution is -2.56. The monoisotopic (exact) mass is 248 g/mol. The molecule has 2 heteroatoms. The van der Waals surface area contributed by atoms with E-state index in [2.05, 4.69) is 63.8 Å². The van der Waals surface area contributed by atoms with Gasteiger partial charge in [0.1, 0.15) is 0 Å². The standard InChI is InChI=1S/C16H28N2/c1-6-18(7-2)16(4,5)15(17)12-14-11-9-8-10-13(14)3/h8-11,15H,6-7,12,17H2,1-5H3. The second kappa shape index (κ2) is 6.35. The van der Waals surface area contributed by atoms with Gasteiger partial charge in [0, 0.05) is 11.6 Å². The normalized spacial score (nSPS) is 13.9. The van der Waals surface area contributed by atoms with Gasteiger partial charge >= 0.3 is 0 Å². The van der Waals surface area contributed by atoms with Gasteiger partial charge in [0.05, 0.1) is 0 Å². The van der Waals surface area contributed by atoms with Crippen molar-refractivity contribution < 1.29 is 0 Å². The van der Waals surface area contributed by atoms with Crippen LogP contribution in [0.15, 0.2) is 24.3 Å². The molecule has 1 unspecified atom stereocenters. The van der Waals surface area contributed by atoms with E-state index in [0.29, 0.717) is 0 Å². The highest BCUT2D eigenvalue weighted by molar-refractivity contribution is 5.27. The van der Waals surface area contributed by atoms with Crippen molar-refractivity contribution in [1.29, 1.82) is 0 Å². The van der Waals surface area contributed by atoms with Crippen LogP contribution in [0, 0.1) is 6.92 Å². The van der Waals surface area contributed by atoms with E-state index in [1.165, 1.54) is 11.1 Å². The van der Waals surface area contributed by atoms with E-state index in [0.717, 1.165) is 19.5 Å². The molecule has 2 N–H and O–H groups in total. The van der Waals surface area contributed by atoms with Crippen molar-refractivity contribution in [2.75, 3.05) is 13.1 Å². The lowest BCUT2D eigenvalue weighted by atomic mass is 9.87. The summed E-state index contributed by atoms with van der Waals surface area (Å²) in [4.78, 5) is 2.44. The van der Waals surface area contributed by atoms with Crippen LogP contribution in [0.1, 0.15) is 38.8 Å². The molecule has 1 atom stereocenters. The van der Waals surface area contributed by atoms with Gasteiger partial charge in [-0.2, -0.15) is 0 Å². The zero-order valence-electron chi connectivity index (χ0n) is 12.5. The molecule has 102 valence electrons. The van der Waals surface area contributed by atoms with E-state index < -0.39 is 0 Å². The minimum Gasteiger partial charge on any atom is -0.326 e. The van der Waals surface area contributed by atoms with Gasteiger partial charge in [-0.3, -0.25) is 4.90 Å². The van der Waals surface area contributed by atoms with Crippen molar-refractivity contribution in [3.8, 4) is 0 Å². The summed E-state index contributed by atoms with van der Waals surface area (Å²) in [5.74, 6) is 0. The molecule has 0 radical (unpaired) electrons. The molecule has 2 nitrogen and oxygen atoms in total. The highest BCUT2D eigenvalue weighted by Gasteiger charge is 2.31. The molecule has 0 aliphatic carbocycles. The van der Waals surface area contributed by atoms with Gasteiger partial charge in [0.25, 0.3) is 0 Å². The second-order valence-electron chi connectivity index (χ2n) is 5.56. The van der Waals surface area contributed by atoms with E-state index in [4.69, 9.17) is 5.73 Å². The average Bonchev–Trinajstić information content (AvgIpc) is 2.33. The van der Waals surface area contributed by atoms with Crippen molar-refractivity contribution in [3.05, 3.63) is 35.4 Å². The maximum Gasteiger partial charge on any atom is 0.0307 e. The first-order valence-electron chi connectivity index (χ1n) is 6.98. The fourth-order valence-corrected chi connectivity index (χ4v) is 2.60. The molecule has 0 saturated heterocycles. The Balaban J connectivity index is 2.81. The number of nitrogens with zero attached hydrogens (tertiary/aromatic N) is 1. The van der Waals surface area contributed by atoms with E-state index in [-0.39, 0.29) is 11.6 Å². The molecular weight excluding hydrogens is 220 g/mol. The van der Waals surface area contributed by atoms with E-state index in [1.807, 2.05) is 0 Å². The van der Waals surface area contributed by atoms with Crippen LogP contribution in [0.3, 0.4) is 0 Å². The largest absolute Gasteiger partial charge is 0.326 e. The highest BCUT2D eigenvalue weighted by Crippen LogP contribution is 2.21. The topological polar surface area (TPSA) is 29.3 Å². The molecular formula is C16H28N2. The zero-order valence-corrected chi connectivity index (χ0v) is 12.5. The summed E-state index contributed by atoms with van der Waals surface area (Å²) in [6.45, 7) is 13.2. The van der Waals surface area contributed by atoms with Gasteiger partial charge in [-0.15, -0.1) is 0 Å². The summed E-state index contributed by atoms with van der Waals surface area (Å²) in [6, 6.07) is 8.68. The van der Waals surface area contributed by atoms with Gasteiger partial charge in [0.15, 0.2) is 0 Å². The minimum atomic E-state index is 0.0335. The Morgan fingerprint density at radius 2 is 1.72 bits per heavy atom. The number of benzene rings is 1. The molecule has 1 aromatic rings. The van der Waals surface area contributed by atoms with Crippen LogP contribution in [0.5, 0.6) is 0 Å². The Hall–Kier alpha value is -0.860. The van der Waals surface area contributed by atoms with Crippen molar-refractivity contribution in [2.45, 2.75) is 52.6 Å². The van der Waals surface area contributed by atoms with Gasteiger partial charge < -0.3 is 5.73 Å². The van der Waals surface area contributed by atoms with Gasteiger partial charge in [-0.05, 0) is 51.4 Å². The predicted molar refractivity (Wildman–Crippen MR) is 79.9 cm³/mol. The maximum absolute atomic E-state index is 6.46. The van der Waals surface area contributed by atoms with Crippen LogP contribution >= 0.6 is 0 Å². The second-order valence-corrected chi connectivity index (χ2v) is 5.56. The first-order valence-corrected chi connectivity index (χ1v) is 6.98. The van der Waals surface area contributed by atoms with E-state index in [1.54, 1.807) is 0 Å². The third-order valence-corrected chi connectivity index (χ3v) is 4.19. The Labute approximate surface area is 112 Å². The SMILES string of the molecule is CCN(CC)C(C)(C)C(N)Cc1ccccc1C. The Morgan fingerprint density at radius 1 is 1.17 bits per heavy atom. The highest BCUT2D eigenvalue weighted by atomic mass is 15.2. The Kier molecular flexibility index (Phi) is 5.36. The quantitative estimate of drug-likeness (QED) is 0.838. The number of rotatable bonds is 6. The van der Waals surface area contributed by atoms with Crippen molar-refractivity contribution in [2.24, 2.45) is 5.73 Å². The van der Waals surface area contributed by atoms with Crippen molar-refractivity contribution in [3.63, 3.8) is 0 Å². The summed E-state index contributed by atoms with van der Waals surface area (Å²) in [5, 5.41) is 0. The number of hydrogen-bond acceptors (Lipinski definition) is 2. The van der Waals surface area contributed by atoms with Crippen LogP contribution in [0.4, 0.5) is 0 Å². The average molecular weight is 248 g/mol. The van der Waals surface area contributed by atoms with Crippen molar-refractivity contribution in [1.82, 2.24) is 4.90 Å². The molecule has 18 heavy (non-hydrogen) atoms. The predicted octanol–water partition coefficient (Wildman–Crippen LogP) is 2.99. The van der Waals surface area contributed by atoms with Crippen LogP contribution in [0.2, 0.25) is 0 Å². The fraction of sp³-hybridized carbons (Fsp3) is 0.625. The fourth-order valence-electron chi connectivity index (χ4n) is 2.60. The number of hydrogen-bond donors (Lipinski definition) is 1. The lowest BCUT2D eigenvalue weighted by molar-refractivity contribution is 0.106. The van der Waals surface area contributed by atoms with Crippen LogP contribution in [-0.4, -0.2) is 29.6 Å². The molecule has 0 spiro atoms. The van der Waals surface area contributed by atoms with E-state index in [9.17, 15) is 0 Å². The molecule has 0 amide bonds. The molecule has 0 bridgehead atoms. The Morgan fingerprint density at radius 3 is 2.22 bits per heavy atom. The smallest absolute Gasteiger partial charge is 0.0307 e. The maximum atomic E-state index is 6.46. The lowest BCUT2D eigenvalue weighted by Gasteiger charge is -2.42. The van der Waals surface area contributed by atoms with Crippen LogP contribution in [0.25, 0.3) is 0 Å². The molecule has 0 aliphatic rings. The third-order valence-electron chi connectivity index (χ3n) is 4.19. The molecule has 1 aromatic carbocycles. The van der Waals surface area contributed by atoms with Gasteiger partial charge in [-0.25, -0.2) is 0 Å². The van der Waals surface area contributed by atoms with Gasteiger partial charge in [0.2, 0.25) is 0 Å². The number of likely N-dealkylation sites (N-methyl/N-ethyl adjacent to an activating group) is 1. The third kappa shape index (κ3) is 3.33.